The van der Waals surface area contributed by atoms with Crippen molar-refractivity contribution in [3.05, 3.63) is 29.6 Å². The van der Waals surface area contributed by atoms with Gasteiger partial charge < -0.3 is 4.74 Å². The summed E-state index contributed by atoms with van der Waals surface area (Å²) in [5.74, 6) is 1.30. The van der Waals surface area contributed by atoms with Crippen molar-refractivity contribution in [1.29, 1.82) is 0 Å². The molecule has 0 heterocycles. The van der Waals surface area contributed by atoms with Gasteiger partial charge in [-0.3, -0.25) is 0 Å². The molecule has 0 amide bonds. The molecule has 0 radical (unpaired) electrons. The fourth-order valence-electron chi connectivity index (χ4n) is 3.39. The summed E-state index contributed by atoms with van der Waals surface area (Å²) in [5.41, 5.74) is 0.881. The first-order valence-corrected chi connectivity index (χ1v) is 8.56. The molecule has 0 aliphatic heterocycles. The van der Waals surface area contributed by atoms with E-state index >= 15 is 0 Å². The van der Waals surface area contributed by atoms with Crippen molar-refractivity contribution in [1.82, 2.24) is 0 Å². The molecule has 0 aromatic heterocycles. The Morgan fingerprint density at radius 2 is 2.00 bits per heavy atom. The minimum absolute atomic E-state index is 0.0856. The summed E-state index contributed by atoms with van der Waals surface area (Å²) in [6.45, 7) is 2.25. The summed E-state index contributed by atoms with van der Waals surface area (Å²) in [6, 6.07) is 5.09. The number of hydrogen-bond donors (Lipinski definition) is 0. The topological polar surface area (TPSA) is 9.23 Å². The zero-order chi connectivity index (χ0) is 15.2. The number of halogens is 2. The summed E-state index contributed by atoms with van der Waals surface area (Å²) in [7, 11) is 1.48. The summed E-state index contributed by atoms with van der Waals surface area (Å²) in [6.07, 6.45) is 8.84. The van der Waals surface area contributed by atoms with Gasteiger partial charge in [0.1, 0.15) is 0 Å². The first kappa shape index (κ1) is 16.6. The van der Waals surface area contributed by atoms with Gasteiger partial charge in [-0.05, 0) is 42.4 Å². The van der Waals surface area contributed by atoms with E-state index in [1.807, 2.05) is 6.07 Å². The van der Waals surface area contributed by atoms with E-state index in [-0.39, 0.29) is 16.9 Å². The normalized spacial score (nSPS) is 23.8. The van der Waals surface area contributed by atoms with E-state index in [0.717, 1.165) is 24.3 Å². The molecular formula is C18H26ClFO. The number of rotatable bonds is 6. The number of unbranched alkanes of at least 4 members (excludes halogenated alkanes) is 1. The Labute approximate surface area is 132 Å². The van der Waals surface area contributed by atoms with Gasteiger partial charge in [-0.25, -0.2) is 4.39 Å². The Morgan fingerprint density at radius 3 is 2.57 bits per heavy atom. The van der Waals surface area contributed by atoms with Gasteiger partial charge in [0.25, 0.3) is 0 Å². The Kier molecular flexibility index (Phi) is 6.35. The molecule has 3 heteroatoms. The number of alkyl halides is 1. The third-order valence-corrected chi connectivity index (χ3v) is 5.37. The highest BCUT2D eigenvalue weighted by Gasteiger charge is 2.27. The van der Waals surface area contributed by atoms with Crippen LogP contribution < -0.4 is 4.74 Å². The minimum atomic E-state index is -0.322. The molecular weight excluding hydrogens is 287 g/mol. The fraction of sp³-hybridized carbons (Fsp3) is 0.667. The molecule has 1 aliphatic carbocycles. The van der Waals surface area contributed by atoms with Crippen LogP contribution in [-0.4, -0.2) is 7.11 Å². The van der Waals surface area contributed by atoms with Gasteiger partial charge in [0.05, 0.1) is 12.5 Å². The van der Waals surface area contributed by atoms with E-state index in [4.69, 9.17) is 16.3 Å². The summed E-state index contributed by atoms with van der Waals surface area (Å²) in [4.78, 5) is 0. The predicted molar refractivity (Wildman–Crippen MR) is 86.5 cm³/mol. The molecule has 0 bridgehead atoms. The van der Waals surface area contributed by atoms with Crippen LogP contribution in [0.15, 0.2) is 18.2 Å². The van der Waals surface area contributed by atoms with E-state index in [1.54, 1.807) is 6.07 Å². The van der Waals surface area contributed by atoms with Gasteiger partial charge in [-0.15, -0.1) is 11.6 Å². The lowest BCUT2D eigenvalue weighted by Gasteiger charge is -2.31. The maximum Gasteiger partial charge on any atom is 0.165 e. The zero-order valence-corrected chi connectivity index (χ0v) is 13.8. The highest BCUT2D eigenvalue weighted by atomic mass is 35.5. The zero-order valence-electron chi connectivity index (χ0n) is 13.1. The molecule has 0 N–H and O–H groups in total. The molecule has 1 unspecified atom stereocenters. The van der Waals surface area contributed by atoms with Crippen molar-refractivity contribution < 1.29 is 9.13 Å². The molecule has 1 fully saturated rings. The average Bonchev–Trinajstić information content (AvgIpc) is 2.52. The molecule has 118 valence electrons. The summed E-state index contributed by atoms with van der Waals surface area (Å²) in [5, 5.41) is -0.0856. The Bertz CT molecular complexity index is 441. The van der Waals surface area contributed by atoms with Gasteiger partial charge in [-0.1, -0.05) is 45.1 Å². The third kappa shape index (κ3) is 4.35. The standard InChI is InChI=1S/C18H26ClFO/c1-3-4-5-13-6-8-14(9-7-13)18(19)15-10-11-17(21-2)16(20)12-15/h10-14,18H,3-9H2,1-2H3. The number of benzene rings is 1. The van der Waals surface area contributed by atoms with E-state index in [1.165, 1.54) is 45.3 Å². The SMILES string of the molecule is CCCCC1CCC(C(Cl)c2ccc(OC)c(F)c2)CC1. The van der Waals surface area contributed by atoms with Crippen LogP contribution in [-0.2, 0) is 0 Å². The van der Waals surface area contributed by atoms with E-state index in [9.17, 15) is 4.39 Å². The largest absolute Gasteiger partial charge is 0.494 e. The van der Waals surface area contributed by atoms with Crippen LogP contribution in [0, 0.1) is 17.7 Å². The second kappa shape index (κ2) is 8.03. The average molecular weight is 313 g/mol. The molecule has 21 heavy (non-hydrogen) atoms. The number of ether oxygens (including phenoxy) is 1. The summed E-state index contributed by atoms with van der Waals surface area (Å²) >= 11 is 6.60. The van der Waals surface area contributed by atoms with Crippen molar-refractivity contribution in [3.63, 3.8) is 0 Å². The first-order chi connectivity index (χ1) is 10.2. The molecule has 0 spiro atoms. The van der Waals surface area contributed by atoms with Crippen molar-refractivity contribution in [3.8, 4) is 5.75 Å². The van der Waals surface area contributed by atoms with Crippen LogP contribution in [0.5, 0.6) is 5.75 Å². The Balaban J connectivity index is 1.92. The lowest BCUT2D eigenvalue weighted by molar-refractivity contribution is 0.254. The van der Waals surface area contributed by atoms with Crippen molar-refractivity contribution in [2.45, 2.75) is 57.2 Å². The van der Waals surface area contributed by atoms with Crippen molar-refractivity contribution in [2.24, 2.45) is 11.8 Å². The van der Waals surface area contributed by atoms with Crippen LogP contribution >= 0.6 is 11.6 Å². The third-order valence-electron chi connectivity index (χ3n) is 4.77. The number of hydrogen-bond acceptors (Lipinski definition) is 1. The van der Waals surface area contributed by atoms with Crippen LogP contribution in [0.4, 0.5) is 4.39 Å². The van der Waals surface area contributed by atoms with Gasteiger partial charge in [-0.2, -0.15) is 0 Å². The maximum atomic E-state index is 13.8. The van der Waals surface area contributed by atoms with Crippen LogP contribution in [0.2, 0.25) is 0 Å². The van der Waals surface area contributed by atoms with Gasteiger partial charge in [0, 0.05) is 0 Å². The minimum Gasteiger partial charge on any atom is -0.494 e. The molecule has 1 nitrogen and oxygen atoms in total. The molecule has 1 saturated carbocycles. The van der Waals surface area contributed by atoms with Crippen LogP contribution in [0.25, 0.3) is 0 Å². The molecule has 1 atom stereocenters. The summed E-state index contributed by atoms with van der Waals surface area (Å²) < 4.78 is 18.8. The molecule has 2 rings (SSSR count). The highest BCUT2D eigenvalue weighted by Crippen LogP contribution is 2.42. The molecule has 1 aliphatic rings. The Morgan fingerprint density at radius 1 is 1.29 bits per heavy atom. The van der Waals surface area contributed by atoms with E-state index in [2.05, 4.69) is 6.92 Å². The quantitative estimate of drug-likeness (QED) is 0.576. The predicted octanol–water partition coefficient (Wildman–Crippen LogP) is 6.11. The Hall–Kier alpha value is -0.760. The maximum absolute atomic E-state index is 13.8. The smallest absolute Gasteiger partial charge is 0.165 e. The first-order valence-electron chi connectivity index (χ1n) is 8.13. The van der Waals surface area contributed by atoms with E-state index < -0.39 is 0 Å². The molecule has 1 aromatic rings. The van der Waals surface area contributed by atoms with Crippen molar-refractivity contribution >= 4 is 11.6 Å². The van der Waals surface area contributed by atoms with E-state index in [0.29, 0.717) is 5.92 Å². The number of methoxy groups -OCH3 is 1. The van der Waals surface area contributed by atoms with Crippen LogP contribution in [0.3, 0.4) is 0 Å². The highest BCUT2D eigenvalue weighted by molar-refractivity contribution is 6.21. The second-order valence-electron chi connectivity index (χ2n) is 6.22. The fourth-order valence-corrected chi connectivity index (χ4v) is 3.78. The lowest BCUT2D eigenvalue weighted by Crippen LogP contribution is -2.18. The van der Waals surface area contributed by atoms with Gasteiger partial charge >= 0.3 is 0 Å². The second-order valence-corrected chi connectivity index (χ2v) is 6.69. The van der Waals surface area contributed by atoms with Crippen molar-refractivity contribution in [2.75, 3.05) is 7.11 Å². The molecule has 0 saturated heterocycles. The van der Waals surface area contributed by atoms with Crippen LogP contribution in [0.1, 0.15) is 62.8 Å². The lowest BCUT2D eigenvalue weighted by atomic mass is 9.77. The molecule has 1 aromatic carbocycles. The van der Waals surface area contributed by atoms with Gasteiger partial charge in [0.2, 0.25) is 0 Å². The monoisotopic (exact) mass is 312 g/mol. The van der Waals surface area contributed by atoms with Gasteiger partial charge in [0.15, 0.2) is 11.6 Å².